The van der Waals surface area contributed by atoms with Crippen molar-refractivity contribution in [3.05, 3.63) is 0 Å². The highest BCUT2D eigenvalue weighted by Crippen LogP contribution is 2.40. The summed E-state index contributed by atoms with van der Waals surface area (Å²) in [6.45, 7) is 5.78. The Kier molecular flexibility index (Phi) is 10.8. The van der Waals surface area contributed by atoms with Gasteiger partial charge in [-0.25, -0.2) is 0 Å². The largest absolute Gasteiger partial charge is 0.463 e. The van der Waals surface area contributed by atoms with Crippen molar-refractivity contribution in [3.8, 4) is 0 Å². The Bertz CT molecular complexity index is 542. The summed E-state index contributed by atoms with van der Waals surface area (Å²) in [7, 11) is 0. The first kappa shape index (κ1) is 24.8. The zero-order valence-corrected chi connectivity index (χ0v) is 18.7. The number of unbranched alkanes of at least 4 members (excludes halogenated alkanes) is 3. The Hall–Kier alpha value is -1.47. The SMILES string of the molecule is CC(=O)OC1CC(OC2CCCCO2)C(C=O)C1CCCCCCC(=O)OC(C)C. The molecule has 0 amide bonds. The van der Waals surface area contributed by atoms with Crippen LogP contribution in [-0.4, -0.2) is 49.4 Å². The highest BCUT2D eigenvalue weighted by atomic mass is 16.7. The van der Waals surface area contributed by atoms with E-state index < -0.39 is 0 Å². The average molecular weight is 427 g/mol. The zero-order chi connectivity index (χ0) is 21.9. The van der Waals surface area contributed by atoms with Crippen LogP contribution in [0.3, 0.4) is 0 Å². The van der Waals surface area contributed by atoms with Gasteiger partial charge in [0.25, 0.3) is 0 Å². The van der Waals surface area contributed by atoms with Crippen molar-refractivity contribution >= 4 is 18.2 Å². The third-order valence-corrected chi connectivity index (χ3v) is 5.84. The first-order chi connectivity index (χ1) is 14.4. The molecule has 5 unspecified atom stereocenters. The van der Waals surface area contributed by atoms with Crippen molar-refractivity contribution in [1.82, 2.24) is 0 Å². The number of rotatable bonds is 12. The highest BCUT2D eigenvalue weighted by molar-refractivity contribution is 5.69. The van der Waals surface area contributed by atoms with Crippen LogP contribution in [0.15, 0.2) is 0 Å². The molecular weight excluding hydrogens is 388 g/mol. The first-order valence-corrected chi connectivity index (χ1v) is 11.5. The molecule has 0 spiro atoms. The van der Waals surface area contributed by atoms with Crippen LogP contribution < -0.4 is 0 Å². The standard InChI is InChI=1S/C23H38O7/c1-16(2)28-22(26)11-7-5-4-6-10-18-19(15-24)21(14-20(18)29-17(3)25)30-23-12-8-9-13-27-23/h15-16,18-21,23H,4-14H2,1-3H3. The molecule has 1 saturated carbocycles. The van der Waals surface area contributed by atoms with Crippen LogP contribution in [0.2, 0.25) is 0 Å². The van der Waals surface area contributed by atoms with Crippen molar-refractivity contribution in [1.29, 1.82) is 0 Å². The van der Waals surface area contributed by atoms with E-state index >= 15 is 0 Å². The molecule has 1 aliphatic carbocycles. The fourth-order valence-electron chi connectivity index (χ4n) is 4.48. The molecule has 2 rings (SSSR count). The Morgan fingerprint density at radius 1 is 1.10 bits per heavy atom. The van der Waals surface area contributed by atoms with E-state index in [9.17, 15) is 14.4 Å². The third kappa shape index (κ3) is 8.34. The van der Waals surface area contributed by atoms with Crippen molar-refractivity contribution in [2.24, 2.45) is 11.8 Å². The number of carbonyl (C=O) groups is 3. The predicted molar refractivity (Wildman–Crippen MR) is 111 cm³/mol. The molecule has 0 bridgehead atoms. The third-order valence-electron chi connectivity index (χ3n) is 5.84. The average Bonchev–Trinajstić information content (AvgIpc) is 2.99. The van der Waals surface area contributed by atoms with E-state index in [0.717, 1.165) is 57.7 Å². The van der Waals surface area contributed by atoms with Crippen LogP contribution in [0.5, 0.6) is 0 Å². The molecule has 1 aliphatic heterocycles. The van der Waals surface area contributed by atoms with Crippen molar-refractivity contribution in [2.75, 3.05) is 6.61 Å². The summed E-state index contributed by atoms with van der Waals surface area (Å²) in [6, 6.07) is 0. The van der Waals surface area contributed by atoms with Crippen molar-refractivity contribution in [2.45, 2.75) is 110 Å². The predicted octanol–water partition coefficient (Wildman–Crippen LogP) is 3.96. The van der Waals surface area contributed by atoms with Crippen LogP contribution in [0.25, 0.3) is 0 Å². The molecule has 2 aliphatic rings. The van der Waals surface area contributed by atoms with E-state index in [1.165, 1.54) is 6.92 Å². The summed E-state index contributed by atoms with van der Waals surface area (Å²) in [5.74, 6) is -0.804. The fraction of sp³-hybridized carbons (Fsp3) is 0.870. The number of aldehydes is 1. The van der Waals surface area contributed by atoms with Gasteiger partial charge >= 0.3 is 11.9 Å². The molecule has 0 radical (unpaired) electrons. The summed E-state index contributed by atoms with van der Waals surface area (Å²) < 4.78 is 22.5. The van der Waals surface area contributed by atoms with Gasteiger partial charge in [-0.05, 0) is 46.0 Å². The lowest BCUT2D eigenvalue weighted by Crippen LogP contribution is -2.32. The topological polar surface area (TPSA) is 88.1 Å². The maximum Gasteiger partial charge on any atom is 0.306 e. The smallest absolute Gasteiger partial charge is 0.306 e. The summed E-state index contributed by atoms with van der Waals surface area (Å²) in [6.07, 6.45) is 8.35. The Morgan fingerprint density at radius 3 is 2.50 bits per heavy atom. The van der Waals surface area contributed by atoms with Gasteiger partial charge in [0.2, 0.25) is 0 Å². The highest BCUT2D eigenvalue weighted by Gasteiger charge is 2.46. The van der Waals surface area contributed by atoms with Crippen LogP contribution in [-0.2, 0) is 33.3 Å². The van der Waals surface area contributed by atoms with E-state index in [4.69, 9.17) is 18.9 Å². The van der Waals surface area contributed by atoms with Crippen molar-refractivity contribution in [3.63, 3.8) is 0 Å². The van der Waals surface area contributed by atoms with Gasteiger partial charge in [-0.1, -0.05) is 19.3 Å². The van der Waals surface area contributed by atoms with Gasteiger partial charge < -0.3 is 23.7 Å². The van der Waals surface area contributed by atoms with Gasteiger partial charge in [0.05, 0.1) is 12.2 Å². The number of ether oxygens (including phenoxy) is 4. The van der Waals surface area contributed by atoms with Crippen LogP contribution in [0, 0.1) is 11.8 Å². The summed E-state index contributed by atoms with van der Waals surface area (Å²) in [4.78, 5) is 35.0. The number of hydrogen-bond acceptors (Lipinski definition) is 7. The molecule has 0 aromatic carbocycles. The Labute approximate surface area is 180 Å². The Morgan fingerprint density at radius 2 is 1.87 bits per heavy atom. The first-order valence-electron chi connectivity index (χ1n) is 11.5. The van der Waals surface area contributed by atoms with Gasteiger partial charge in [0.15, 0.2) is 6.29 Å². The lowest BCUT2D eigenvalue weighted by atomic mass is 9.89. The van der Waals surface area contributed by atoms with Gasteiger partial charge in [0.1, 0.15) is 12.4 Å². The molecule has 30 heavy (non-hydrogen) atoms. The van der Waals surface area contributed by atoms with Crippen molar-refractivity contribution < 1.29 is 33.3 Å². The van der Waals surface area contributed by atoms with E-state index in [1.807, 2.05) is 13.8 Å². The lowest BCUT2D eigenvalue weighted by Gasteiger charge is -2.28. The summed E-state index contributed by atoms with van der Waals surface area (Å²) in [5.41, 5.74) is 0. The number of hydrogen-bond donors (Lipinski definition) is 0. The summed E-state index contributed by atoms with van der Waals surface area (Å²) >= 11 is 0. The molecule has 0 aromatic rings. The number of carbonyl (C=O) groups excluding carboxylic acids is 3. The molecule has 7 nitrogen and oxygen atoms in total. The van der Waals surface area contributed by atoms with Crippen LogP contribution in [0.1, 0.15) is 85.0 Å². The monoisotopic (exact) mass is 426 g/mol. The van der Waals surface area contributed by atoms with Gasteiger partial charge in [-0.2, -0.15) is 0 Å². The van der Waals surface area contributed by atoms with E-state index in [1.54, 1.807) is 0 Å². The molecule has 172 valence electrons. The lowest BCUT2D eigenvalue weighted by molar-refractivity contribution is -0.195. The minimum absolute atomic E-state index is 0.0362. The quantitative estimate of drug-likeness (QED) is 0.265. The zero-order valence-electron chi connectivity index (χ0n) is 18.7. The second-order valence-electron chi connectivity index (χ2n) is 8.72. The minimum Gasteiger partial charge on any atom is -0.463 e. The van der Waals surface area contributed by atoms with Gasteiger partial charge in [-0.15, -0.1) is 0 Å². The molecular formula is C23H38O7. The second-order valence-corrected chi connectivity index (χ2v) is 8.72. The molecule has 5 atom stereocenters. The van der Waals surface area contributed by atoms with Crippen LogP contribution in [0.4, 0.5) is 0 Å². The summed E-state index contributed by atoms with van der Waals surface area (Å²) in [5, 5.41) is 0. The fourth-order valence-corrected chi connectivity index (χ4v) is 4.48. The molecule has 1 heterocycles. The molecule has 0 N–H and O–H groups in total. The van der Waals surface area contributed by atoms with Gasteiger partial charge in [0, 0.05) is 38.2 Å². The molecule has 2 fully saturated rings. The van der Waals surface area contributed by atoms with E-state index in [0.29, 0.717) is 19.4 Å². The van der Waals surface area contributed by atoms with E-state index in [2.05, 4.69) is 0 Å². The number of esters is 2. The molecule has 0 aromatic heterocycles. The minimum atomic E-state index is -0.326. The maximum atomic E-state index is 11.9. The molecule has 7 heteroatoms. The molecule has 1 saturated heterocycles. The van der Waals surface area contributed by atoms with Gasteiger partial charge in [-0.3, -0.25) is 9.59 Å². The van der Waals surface area contributed by atoms with E-state index in [-0.39, 0.29) is 48.4 Å². The normalized spacial score (nSPS) is 29.0. The second kappa shape index (κ2) is 13.1. The maximum absolute atomic E-state index is 11.9. The Balaban J connectivity index is 1.80. The van der Waals surface area contributed by atoms with Crippen LogP contribution >= 0.6 is 0 Å².